The predicted molar refractivity (Wildman–Crippen MR) is 66.8 cm³/mol. The van der Waals surface area contributed by atoms with Gasteiger partial charge in [-0.2, -0.15) is 0 Å². The van der Waals surface area contributed by atoms with Crippen molar-refractivity contribution in [2.75, 3.05) is 6.61 Å². The van der Waals surface area contributed by atoms with Crippen molar-refractivity contribution in [3.8, 4) is 0 Å². The molecule has 0 aliphatic heterocycles. The Balaban J connectivity index is 2.21. The van der Waals surface area contributed by atoms with Crippen molar-refractivity contribution in [1.82, 2.24) is 4.98 Å². The fourth-order valence-electron chi connectivity index (χ4n) is 1.81. The lowest BCUT2D eigenvalue weighted by Crippen LogP contribution is -2.31. The number of rotatable bonds is 4. The SMILES string of the molecule is CCOC(=O)C(F)[C@H](N)c1ccc2cc[nH]c2c1. The molecule has 0 amide bonds. The van der Waals surface area contributed by atoms with Gasteiger partial charge < -0.3 is 15.5 Å². The highest BCUT2D eigenvalue weighted by atomic mass is 19.1. The molecule has 0 radical (unpaired) electrons. The highest BCUT2D eigenvalue weighted by molar-refractivity contribution is 5.81. The second-order valence-corrected chi connectivity index (χ2v) is 4.00. The lowest BCUT2D eigenvalue weighted by Gasteiger charge is -2.15. The van der Waals surface area contributed by atoms with Crippen LogP contribution < -0.4 is 5.73 Å². The van der Waals surface area contributed by atoms with E-state index < -0.39 is 18.2 Å². The third-order valence-corrected chi connectivity index (χ3v) is 2.79. The minimum Gasteiger partial charge on any atom is -0.464 e. The number of hydrogen-bond donors (Lipinski definition) is 2. The molecular weight excluding hydrogens is 235 g/mol. The Kier molecular flexibility index (Phi) is 3.62. The average Bonchev–Trinajstić information content (AvgIpc) is 2.84. The molecule has 5 heteroatoms. The number of halogens is 1. The molecule has 18 heavy (non-hydrogen) atoms. The maximum Gasteiger partial charge on any atom is 0.342 e. The zero-order valence-corrected chi connectivity index (χ0v) is 10.0. The van der Waals surface area contributed by atoms with E-state index in [1.165, 1.54) is 0 Å². The first kappa shape index (κ1) is 12.6. The van der Waals surface area contributed by atoms with Gasteiger partial charge in [0.2, 0.25) is 6.17 Å². The van der Waals surface area contributed by atoms with Crippen LogP contribution in [-0.4, -0.2) is 23.7 Å². The topological polar surface area (TPSA) is 68.1 Å². The number of carbonyl (C=O) groups is 1. The number of alkyl halides is 1. The first-order valence-electron chi connectivity index (χ1n) is 5.76. The Hall–Kier alpha value is -1.88. The molecule has 1 unspecified atom stereocenters. The standard InChI is InChI=1S/C13H15FN2O2/c1-2-18-13(17)11(14)12(15)9-4-3-8-5-6-16-10(8)7-9/h3-7,11-12,16H,2,15H2,1H3/t11?,12-/m1/s1. The quantitative estimate of drug-likeness (QED) is 0.816. The second kappa shape index (κ2) is 5.18. The number of ether oxygens (including phenoxy) is 1. The Morgan fingerprint density at radius 2 is 2.28 bits per heavy atom. The summed E-state index contributed by atoms with van der Waals surface area (Å²) in [6.45, 7) is 1.77. The van der Waals surface area contributed by atoms with Gasteiger partial charge in [-0.1, -0.05) is 12.1 Å². The van der Waals surface area contributed by atoms with Crippen molar-refractivity contribution in [3.63, 3.8) is 0 Å². The van der Waals surface area contributed by atoms with E-state index in [1.54, 1.807) is 25.3 Å². The molecule has 0 fully saturated rings. The molecule has 0 saturated heterocycles. The molecule has 0 spiro atoms. The molecule has 2 aromatic rings. The van der Waals surface area contributed by atoms with E-state index >= 15 is 0 Å². The van der Waals surface area contributed by atoms with E-state index in [-0.39, 0.29) is 6.61 Å². The zero-order valence-electron chi connectivity index (χ0n) is 10.0. The Morgan fingerprint density at radius 3 is 3.00 bits per heavy atom. The first-order chi connectivity index (χ1) is 8.63. The van der Waals surface area contributed by atoms with Crippen LogP contribution >= 0.6 is 0 Å². The van der Waals surface area contributed by atoms with Crippen molar-refractivity contribution < 1.29 is 13.9 Å². The molecule has 1 aromatic carbocycles. The van der Waals surface area contributed by atoms with Crippen LogP contribution in [-0.2, 0) is 9.53 Å². The number of benzene rings is 1. The summed E-state index contributed by atoms with van der Waals surface area (Å²) in [4.78, 5) is 14.3. The Morgan fingerprint density at radius 1 is 1.50 bits per heavy atom. The van der Waals surface area contributed by atoms with Gasteiger partial charge in [-0.25, -0.2) is 9.18 Å². The third-order valence-electron chi connectivity index (χ3n) is 2.79. The van der Waals surface area contributed by atoms with Crippen LogP contribution in [0.25, 0.3) is 10.9 Å². The number of nitrogens with one attached hydrogen (secondary N) is 1. The highest BCUT2D eigenvalue weighted by Gasteiger charge is 2.27. The number of aromatic nitrogens is 1. The summed E-state index contributed by atoms with van der Waals surface area (Å²) < 4.78 is 18.4. The van der Waals surface area contributed by atoms with E-state index in [9.17, 15) is 9.18 Å². The maximum atomic E-state index is 13.8. The number of esters is 1. The fourth-order valence-corrected chi connectivity index (χ4v) is 1.81. The van der Waals surface area contributed by atoms with Gasteiger partial charge in [0.1, 0.15) is 0 Å². The van der Waals surface area contributed by atoms with Crippen LogP contribution in [0.2, 0.25) is 0 Å². The van der Waals surface area contributed by atoms with Crippen LogP contribution in [0.15, 0.2) is 30.5 Å². The van der Waals surface area contributed by atoms with Gasteiger partial charge in [-0.05, 0) is 30.0 Å². The molecule has 96 valence electrons. The monoisotopic (exact) mass is 250 g/mol. The number of carbonyl (C=O) groups excluding carboxylic acids is 1. The number of fused-ring (bicyclic) bond motifs is 1. The summed E-state index contributed by atoms with van der Waals surface area (Å²) in [6, 6.07) is 6.18. The van der Waals surface area contributed by atoms with E-state index in [2.05, 4.69) is 9.72 Å². The minimum atomic E-state index is -1.85. The van der Waals surface area contributed by atoms with Crippen LogP contribution in [0.5, 0.6) is 0 Å². The molecule has 1 heterocycles. The van der Waals surface area contributed by atoms with Gasteiger partial charge in [0, 0.05) is 11.7 Å². The maximum absolute atomic E-state index is 13.8. The summed E-state index contributed by atoms with van der Waals surface area (Å²) in [5.74, 6) is -0.920. The van der Waals surface area contributed by atoms with Crippen LogP contribution in [0.4, 0.5) is 4.39 Å². The summed E-state index contributed by atoms with van der Waals surface area (Å²) in [5.41, 5.74) is 7.16. The van der Waals surface area contributed by atoms with Crippen molar-refractivity contribution in [2.45, 2.75) is 19.1 Å². The lowest BCUT2D eigenvalue weighted by atomic mass is 10.0. The van der Waals surface area contributed by atoms with E-state index in [4.69, 9.17) is 5.73 Å². The minimum absolute atomic E-state index is 0.141. The average molecular weight is 250 g/mol. The summed E-state index contributed by atoms with van der Waals surface area (Å²) in [5, 5.41) is 1.01. The molecule has 0 aliphatic rings. The Labute approximate surface area is 104 Å². The van der Waals surface area contributed by atoms with Crippen molar-refractivity contribution in [1.29, 1.82) is 0 Å². The van der Waals surface area contributed by atoms with E-state index in [0.717, 1.165) is 10.9 Å². The molecule has 2 atom stereocenters. The lowest BCUT2D eigenvalue weighted by molar-refractivity contribution is -0.149. The first-order valence-corrected chi connectivity index (χ1v) is 5.76. The number of hydrogen-bond acceptors (Lipinski definition) is 3. The van der Waals surface area contributed by atoms with E-state index in [0.29, 0.717) is 5.56 Å². The van der Waals surface area contributed by atoms with Gasteiger partial charge >= 0.3 is 5.97 Å². The largest absolute Gasteiger partial charge is 0.464 e. The molecule has 0 bridgehead atoms. The smallest absolute Gasteiger partial charge is 0.342 e. The highest BCUT2D eigenvalue weighted by Crippen LogP contribution is 2.22. The van der Waals surface area contributed by atoms with Gasteiger partial charge in [0.15, 0.2) is 0 Å². The van der Waals surface area contributed by atoms with Crippen LogP contribution in [0, 0.1) is 0 Å². The van der Waals surface area contributed by atoms with Gasteiger partial charge in [0.05, 0.1) is 12.6 Å². The van der Waals surface area contributed by atoms with Crippen molar-refractivity contribution in [2.24, 2.45) is 5.73 Å². The molecule has 0 saturated carbocycles. The van der Waals surface area contributed by atoms with Crippen LogP contribution in [0.1, 0.15) is 18.5 Å². The third kappa shape index (κ3) is 2.36. The van der Waals surface area contributed by atoms with Gasteiger partial charge in [-0.15, -0.1) is 0 Å². The normalized spacial score (nSPS) is 14.4. The van der Waals surface area contributed by atoms with Gasteiger partial charge in [0.25, 0.3) is 0 Å². The predicted octanol–water partition coefficient (Wildman–Crippen LogP) is 2.07. The fraction of sp³-hybridized carbons (Fsp3) is 0.308. The molecule has 0 aliphatic carbocycles. The summed E-state index contributed by atoms with van der Waals surface area (Å²) in [6.07, 6.45) is -0.0597. The molecule has 1 aromatic heterocycles. The zero-order chi connectivity index (χ0) is 13.1. The Bertz CT molecular complexity index is 553. The number of nitrogens with two attached hydrogens (primary N) is 1. The summed E-state index contributed by atoms with van der Waals surface area (Å²) >= 11 is 0. The molecule has 4 nitrogen and oxygen atoms in total. The molecular formula is C13H15FN2O2. The summed E-state index contributed by atoms with van der Waals surface area (Å²) in [7, 11) is 0. The molecule has 2 rings (SSSR count). The van der Waals surface area contributed by atoms with Gasteiger partial charge in [-0.3, -0.25) is 0 Å². The van der Waals surface area contributed by atoms with Crippen molar-refractivity contribution >= 4 is 16.9 Å². The number of aromatic amines is 1. The second-order valence-electron chi connectivity index (χ2n) is 4.00. The molecule has 3 N–H and O–H groups in total. The van der Waals surface area contributed by atoms with E-state index in [1.807, 2.05) is 12.1 Å². The van der Waals surface area contributed by atoms with Crippen LogP contribution in [0.3, 0.4) is 0 Å². The van der Waals surface area contributed by atoms with Crippen molar-refractivity contribution in [3.05, 3.63) is 36.0 Å². The number of H-pyrrole nitrogens is 1.